The number of rotatable bonds is 6. The molecule has 0 atom stereocenters. The molecule has 0 aliphatic heterocycles. The Morgan fingerprint density at radius 1 is 1.23 bits per heavy atom. The second-order valence-corrected chi connectivity index (χ2v) is 6.27. The van der Waals surface area contributed by atoms with Crippen LogP contribution in [0.25, 0.3) is 0 Å². The minimum atomic E-state index is -0.433. The van der Waals surface area contributed by atoms with Crippen molar-refractivity contribution < 1.29 is 14.3 Å². The highest BCUT2D eigenvalue weighted by molar-refractivity contribution is 6.01. The van der Waals surface area contributed by atoms with Crippen molar-refractivity contribution in [2.45, 2.75) is 32.6 Å². The summed E-state index contributed by atoms with van der Waals surface area (Å²) in [4.78, 5) is 24.5. The third-order valence-electron chi connectivity index (χ3n) is 4.48. The van der Waals surface area contributed by atoms with Crippen molar-refractivity contribution in [1.29, 1.82) is 5.41 Å². The first-order valence-electron chi connectivity index (χ1n) is 8.66. The van der Waals surface area contributed by atoms with Gasteiger partial charge in [-0.3, -0.25) is 10.2 Å². The number of nitrogens with two attached hydrogens (primary N) is 1. The van der Waals surface area contributed by atoms with Gasteiger partial charge in [0.05, 0.1) is 17.9 Å². The average Bonchev–Trinajstić information content (AvgIpc) is 2.61. The van der Waals surface area contributed by atoms with E-state index in [0.29, 0.717) is 30.3 Å². The Hall–Kier alpha value is -2.28. The fourth-order valence-electron chi connectivity index (χ4n) is 3.10. The normalized spacial score (nSPS) is 19.0. The molecule has 0 bridgehead atoms. The topological polar surface area (TPSA) is 117 Å². The number of guanidine groups is 1. The van der Waals surface area contributed by atoms with Gasteiger partial charge < -0.3 is 21.1 Å². The summed E-state index contributed by atoms with van der Waals surface area (Å²) in [5, 5.41) is 12.9. The predicted molar refractivity (Wildman–Crippen MR) is 104 cm³/mol. The standard InChI is InChI=1S/C18H26N4O3.ClH/c1-2-25-17(24)14-5-3-4-6-15(14)22-16(23)13-9-7-12(8-10-13)11-21-18(19)20;/h3-6,12-13H,2,7-11H2,1H3,(H,22,23)(H4,19,20,21);1H. The molecule has 0 radical (unpaired) electrons. The minimum absolute atomic E-state index is 0. The average molecular weight is 383 g/mol. The summed E-state index contributed by atoms with van der Waals surface area (Å²) < 4.78 is 5.03. The second kappa shape index (κ2) is 10.7. The summed E-state index contributed by atoms with van der Waals surface area (Å²) >= 11 is 0. The summed E-state index contributed by atoms with van der Waals surface area (Å²) in [7, 11) is 0. The molecule has 1 aliphatic rings. The molecule has 26 heavy (non-hydrogen) atoms. The lowest BCUT2D eigenvalue weighted by Gasteiger charge is -2.28. The van der Waals surface area contributed by atoms with E-state index in [1.54, 1.807) is 31.2 Å². The highest BCUT2D eigenvalue weighted by atomic mass is 35.5. The van der Waals surface area contributed by atoms with E-state index in [4.69, 9.17) is 15.9 Å². The molecule has 1 fully saturated rings. The highest BCUT2D eigenvalue weighted by Gasteiger charge is 2.27. The van der Waals surface area contributed by atoms with Gasteiger partial charge >= 0.3 is 5.97 Å². The van der Waals surface area contributed by atoms with Crippen molar-refractivity contribution in [2.24, 2.45) is 17.6 Å². The summed E-state index contributed by atoms with van der Waals surface area (Å²) in [6.07, 6.45) is 3.41. The molecule has 144 valence electrons. The van der Waals surface area contributed by atoms with Gasteiger partial charge in [0.25, 0.3) is 0 Å². The van der Waals surface area contributed by atoms with E-state index in [0.717, 1.165) is 25.7 Å². The number of anilines is 1. The van der Waals surface area contributed by atoms with Crippen LogP contribution < -0.4 is 16.4 Å². The maximum atomic E-state index is 12.5. The van der Waals surface area contributed by atoms with E-state index in [1.807, 2.05) is 0 Å². The van der Waals surface area contributed by atoms with E-state index >= 15 is 0 Å². The Kier molecular flexibility index (Phi) is 8.92. The minimum Gasteiger partial charge on any atom is -0.462 e. The largest absolute Gasteiger partial charge is 0.462 e. The lowest BCUT2D eigenvalue weighted by molar-refractivity contribution is -0.121. The van der Waals surface area contributed by atoms with Crippen molar-refractivity contribution in [3.8, 4) is 0 Å². The van der Waals surface area contributed by atoms with Crippen LogP contribution in [0.1, 0.15) is 43.0 Å². The van der Waals surface area contributed by atoms with Crippen molar-refractivity contribution in [2.75, 3.05) is 18.5 Å². The maximum Gasteiger partial charge on any atom is 0.340 e. The van der Waals surface area contributed by atoms with Crippen molar-refractivity contribution in [3.63, 3.8) is 0 Å². The molecule has 0 aromatic heterocycles. The van der Waals surface area contributed by atoms with Gasteiger partial charge in [-0.2, -0.15) is 0 Å². The molecular weight excluding hydrogens is 356 g/mol. The fourth-order valence-corrected chi connectivity index (χ4v) is 3.10. The third-order valence-corrected chi connectivity index (χ3v) is 4.48. The number of para-hydroxylation sites is 1. The number of carbonyl (C=O) groups excluding carboxylic acids is 2. The fraction of sp³-hybridized carbons (Fsp3) is 0.500. The molecule has 5 N–H and O–H groups in total. The van der Waals surface area contributed by atoms with Crippen molar-refractivity contribution >= 4 is 35.9 Å². The van der Waals surface area contributed by atoms with Crippen LogP contribution in [0.5, 0.6) is 0 Å². The first-order valence-corrected chi connectivity index (χ1v) is 8.66. The number of ether oxygens (including phenoxy) is 1. The number of benzene rings is 1. The molecule has 1 aromatic rings. The molecule has 2 rings (SSSR count). The van der Waals surface area contributed by atoms with Crippen LogP contribution in [-0.2, 0) is 9.53 Å². The van der Waals surface area contributed by atoms with Crippen LogP contribution in [0.4, 0.5) is 5.69 Å². The number of halogens is 1. The SMILES string of the molecule is CCOC(=O)c1ccccc1NC(=O)C1CCC(CNC(=N)N)CC1.Cl. The van der Waals surface area contributed by atoms with Gasteiger partial charge in [0.15, 0.2) is 5.96 Å². The molecule has 0 unspecified atom stereocenters. The van der Waals surface area contributed by atoms with E-state index in [1.165, 1.54) is 0 Å². The molecule has 7 nitrogen and oxygen atoms in total. The smallest absolute Gasteiger partial charge is 0.340 e. The number of hydrogen-bond donors (Lipinski definition) is 4. The van der Waals surface area contributed by atoms with Gasteiger partial charge in [-0.1, -0.05) is 12.1 Å². The van der Waals surface area contributed by atoms with Crippen LogP contribution >= 0.6 is 12.4 Å². The van der Waals surface area contributed by atoms with Crippen LogP contribution in [0, 0.1) is 17.2 Å². The maximum absolute atomic E-state index is 12.5. The molecule has 1 saturated carbocycles. The van der Waals surface area contributed by atoms with Crippen molar-refractivity contribution in [3.05, 3.63) is 29.8 Å². The lowest BCUT2D eigenvalue weighted by atomic mass is 9.81. The monoisotopic (exact) mass is 382 g/mol. The van der Waals surface area contributed by atoms with Crippen LogP contribution in [-0.4, -0.2) is 31.0 Å². The van der Waals surface area contributed by atoms with Gasteiger partial charge in [0, 0.05) is 12.5 Å². The van der Waals surface area contributed by atoms with E-state index in [-0.39, 0.29) is 30.2 Å². The molecule has 1 aromatic carbocycles. The Morgan fingerprint density at radius 2 is 1.88 bits per heavy atom. The van der Waals surface area contributed by atoms with Gasteiger partial charge in [-0.05, 0) is 50.7 Å². The Morgan fingerprint density at radius 3 is 2.50 bits per heavy atom. The molecule has 1 amide bonds. The van der Waals surface area contributed by atoms with Crippen molar-refractivity contribution in [1.82, 2.24) is 5.32 Å². The molecular formula is C18H27ClN4O3. The quantitative estimate of drug-likeness (QED) is 0.342. The molecule has 0 heterocycles. The van der Waals surface area contributed by atoms with Crippen LogP contribution in [0.3, 0.4) is 0 Å². The van der Waals surface area contributed by atoms with E-state index in [2.05, 4.69) is 10.6 Å². The number of hydrogen-bond acceptors (Lipinski definition) is 4. The highest BCUT2D eigenvalue weighted by Crippen LogP contribution is 2.29. The first-order chi connectivity index (χ1) is 12.0. The van der Waals surface area contributed by atoms with Crippen LogP contribution in [0.2, 0.25) is 0 Å². The Bertz CT molecular complexity index is 631. The number of carbonyl (C=O) groups is 2. The molecule has 0 saturated heterocycles. The van der Waals surface area contributed by atoms with Gasteiger partial charge in [-0.15, -0.1) is 12.4 Å². The zero-order valence-electron chi connectivity index (χ0n) is 14.9. The first kappa shape index (κ1) is 21.8. The van der Waals surface area contributed by atoms with Gasteiger partial charge in [0.1, 0.15) is 0 Å². The Labute approximate surface area is 160 Å². The Balaban J connectivity index is 0.00000338. The van der Waals surface area contributed by atoms with E-state index in [9.17, 15) is 9.59 Å². The van der Waals surface area contributed by atoms with Gasteiger partial charge in [-0.25, -0.2) is 4.79 Å². The zero-order valence-corrected chi connectivity index (χ0v) is 15.7. The summed E-state index contributed by atoms with van der Waals surface area (Å²) in [5.41, 5.74) is 6.17. The molecule has 8 heteroatoms. The van der Waals surface area contributed by atoms with E-state index < -0.39 is 5.97 Å². The number of amides is 1. The predicted octanol–water partition coefficient (Wildman–Crippen LogP) is 2.51. The van der Waals surface area contributed by atoms with Gasteiger partial charge in [0.2, 0.25) is 5.91 Å². The number of nitrogens with one attached hydrogen (secondary N) is 3. The third kappa shape index (κ3) is 6.22. The number of esters is 1. The molecule has 0 spiro atoms. The zero-order chi connectivity index (χ0) is 18.2. The summed E-state index contributed by atoms with van der Waals surface area (Å²) in [5.74, 6) is -0.147. The molecule has 1 aliphatic carbocycles. The second-order valence-electron chi connectivity index (χ2n) is 6.27. The summed E-state index contributed by atoms with van der Waals surface area (Å²) in [6, 6.07) is 6.89. The lowest BCUT2D eigenvalue weighted by Crippen LogP contribution is -2.36. The summed E-state index contributed by atoms with van der Waals surface area (Å²) in [6.45, 7) is 2.72. The van der Waals surface area contributed by atoms with Crippen LogP contribution in [0.15, 0.2) is 24.3 Å².